The number of hydrogen-bond acceptors (Lipinski definition) is 6. The Balaban J connectivity index is 1.90. The molecule has 1 N–H and O–H groups in total. The number of anilines is 1. The molecule has 1 fully saturated rings. The van der Waals surface area contributed by atoms with Crippen LogP contribution in [-0.2, 0) is 14.3 Å². The van der Waals surface area contributed by atoms with Crippen molar-refractivity contribution in [1.82, 2.24) is 5.43 Å². The second kappa shape index (κ2) is 8.33. The van der Waals surface area contributed by atoms with E-state index in [0.29, 0.717) is 11.3 Å². The summed E-state index contributed by atoms with van der Waals surface area (Å²) >= 11 is 0.975. The van der Waals surface area contributed by atoms with Crippen LogP contribution in [0.25, 0.3) is 0 Å². The first-order chi connectivity index (χ1) is 13.1. The van der Waals surface area contributed by atoms with Crippen molar-refractivity contribution in [2.24, 2.45) is 5.10 Å². The zero-order valence-corrected chi connectivity index (χ0v) is 15.1. The highest BCUT2D eigenvalue weighted by atomic mass is 32.2. The highest BCUT2D eigenvalue weighted by molar-refractivity contribution is 8.19. The molecule has 136 valence electrons. The SMILES string of the molecule is COC(=O)/C=C1\S/C(=N\NC(=O)c2ccccc2)N(c2ccccc2)C1=O. The normalized spacial score (nSPS) is 16.6. The Bertz CT molecular complexity index is 926. The lowest BCUT2D eigenvalue weighted by Crippen LogP contribution is -2.31. The minimum absolute atomic E-state index is 0.151. The number of nitrogens with zero attached hydrogens (tertiary/aromatic N) is 2. The molecule has 7 nitrogen and oxygen atoms in total. The van der Waals surface area contributed by atoms with E-state index in [1.54, 1.807) is 54.6 Å². The maximum absolute atomic E-state index is 12.7. The summed E-state index contributed by atoms with van der Waals surface area (Å²) in [6, 6.07) is 17.4. The molecule has 0 atom stereocenters. The second-order valence-corrected chi connectivity index (χ2v) is 6.32. The van der Waals surface area contributed by atoms with Gasteiger partial charge in [0.05, 0.1) is 17.7 Å². The average molecular weight is 381 g/mol. The molecule has 0 spiro atoms. The van der Waals surface area contributed by atoms with Gasteiger partial charge in [-0.2, -0.15) is 0 Å². The Labute approximate surface area is 159 Å². The number of benzene rings is 2. The number of amidine groups is 1. The lowest BCUT2D eigenvalue weighted by molar-refractivity contribution is -0.135. The van der Waals surface area contributed by atoms with Crippen molar-refractivity contribution in [3.05, 3.63) is 77.2 Å². The molecule has 2 amide bonds. The monoisotopic (exact) mass is 381 g/mol. The number of ether oxygens (including phenoxy) is 1. The largest absolute Gasteiger partial charge is 0.466 e. The van der Waals surface area contributed by atoms with E-state index < -0.39 is 17.8 Å². The number of hydrazone groups is 1. The third-order valence-electron chi connectivity index (χ3n) is 3.56. The Morgan fingerprint density at radius 1 is 1.07 bits per heavy atom. The summed E-state index contributed by atoms with van der Waals surface area (Å²) in [4.78, 5) is 37.9. The van der Waals surface area contributed by atoms with Gasteiger partial charge in [0.2, 0.25) is 0 Å². The molecule has 2 aromatic carbocycles. The zero-order valence-electron chi connectivity index (χ0n) is 14.3. The van der Waals surface area contributed by atoms with Crippen molar-refractivity contribution in [2.75, 3.05) is 12.0 Å². The molecule has 3 rings (SSSR count). The van der Waals surface area contributed by atoms with Crippen LogP contribution in [-0.4, -0.2) is 30.1 Å². The van der Waals surface area contributed by atoms with Crippen LogP contribution in [0.15, 0.2) is 76.7 Å². The van der Waals surface area contributed by atoms with Gasteiger partial charge in [-0.3, -0.25) is 14.5 Å². The van der Waals surface area contributed by atoms with Gasteiger partial charge in [0.15, 0.2) is 5.17 Å². The van der Waals surface area contributed by atoms with Crippen LogP contribution >= 0.6 is 11.8 Å². The molecule has 27 heavy (non-hydrogen) atoms. The van der Waals surface area contributed by atoms with Crippen molar-refractivity contribution in [3.8, 4) is 0 Å². The smallest absolute Gasteiger partial charge is 0.331 e. The van der Waals surface area contributed by atoms with Crippen LogP contribution in [0.2, 0.25) is 0 Å². The van der Waals surface area contributed by atoms with Gasteiger partial charge in [0.1, 0.15) is 0 Å². The zero-order chi connectivity index (χ0) is 19.2. The number of hydrogen-bond donors (Lipinski definition) is 1. The van der Waals surface area contributed by atoms with E-state index in [4.69, 9.17) is 0 Å². The molecular formula is C19H15N3O4S. The van der Waals surface area contributed by atoms with Crippen molar-refractivity contribution in [2.45, 2.75) is 0 Å². The first-order valence-electron chi connectivity index (χ1n) is 7.90. The first kappa shape index (κ1) is 18.4. The molecule has 0 saturated carbocycles. The van der Waals surface area contributed by atoms with Crippen molar-refractivity contribution in [3.63, 3.8) is 0 Å². The summed E-state index contributed by atoms with van der Waals surface area (Å²) < 4.78 is 4.58. The van der Waals surface area contributed by atoms with E-state index in [9.17, 15) is 14.4 Å². The third kappa shape index (κ3) is 4.24. The van der Waals surface area contributed by atoms with Crippen LogP contribution in [0.4, 0.5) is 5.69 Å². The Kier molecular flexibility index (Phi) is 5.68. The number of methoxy groups -OCH3 is 1. The van der Waals surface area contributed by atoms with Gasteiger partial charge in [-0.1, -0.05) is 36.4 Å². The van der Waals surface area contributed by atoms with Crippen molar-refractivity contribution in [1.29, 1.82) is 0 Å². The molecule has 1 aliphatic heterocycles. The fourth-order valence-electron chi connectivity index (χ4n) is 2.27. The molecule has 0 aromatic heterocycles. The number of esters is 1. The quantitative estimate of drug-likeness (QED) is 0.499. The van der Waals surface area contributed by atoms with E-state index in [0.717, 1.165) is 17.8 Å². The van der Waals surface area contributed by atoms with E-state index in [2.05, 4.69) is 15.3 Å². The number of carbonyl (C=O) groups excluding carboxylic acids is 3. The summed E-state index contributed by atoms with van der Waals surface area (Å²) in [6.07, 6.45) is 1.10. The van der Waals surface area contributed by atoms with E-state index >= 15 is 0 Å². The predicted molar refractivity (Wildman–Crippen MR) is 103 cm³/mol. The summed E-state index contributed by atoms with van der Waals surface area (Å²) in [5.41, 5.74) is 3.44. The summed E-state index contributed by atoms with van der Waals surface area (Å²) in [5.74, 6) is -1.48. The topological polar surface area (TPSA) is 88.1 Å². The first-order valence-corrected chi connectivity index (χ1v) is 8.72. The summed E-state index contributed by atoms with van der Waals surface area (Å²) in [7, 11) is 1.23. The Hall–Kier alpha value is -3.39. The third-order valence-corrected chi connectivity index (χ3v) is 4.53. The van der Waals surface area contributed by atoms with Gasteiger partial charge in [0.25, 0.3) is 11.8 Å². The molecular weight excluding hydrogens is 366 g/mol. The van der Waals surface area contributed by atoms with E-state index in [1.807, 2.05) is 6.07 Å². The van der Waals surface area contributed by atoms with Crippen LogP contribution in [0.1, 0.15) is 10.4 Å². The van der Waals surface area contributed by atoms with Crippen molar-refractivity contribution < 1.29 is 19.1 Å². The minimum atomic E-state index is -0.645. The molecule has 0 aliphatic carbocycles. The number of amides is 2. The van der Waals surface area contributed by atoms with Gasteiger partial charge in [0, 0.05) is 11.6 Å². The number of nitrogens with one attached hydrogen (secondary N) is 1. The minimum Gasteiger partial charge on any atom is -0.466 e. The fourth-order valence-corrected chi connectivity index (χ4v) is 3.17. The van der Waals surface area contributed by atoms with Crippen LogP contribution in [0.5, 0.6) is 0 Å². The molecule has 0 radical (unpaired) electrons. The Morgan fingerprint density at radius 3 is 2.33 bits per heavy atom. The van der Waals surface area contributed by atoms with Crippen LogP contribution in [0, 0.1) is 0 Å². The molecule has 1 aliphatic rings. The molecule has 0 unspecified atom stereocenters. The van der Waals surface area contributed by atoms with Gasteiger partial charge < -0.3 is 4.74 Å². The maximum Gasteiger partial charge on any atom is 0.331 e. The van der Waals surface area contributed by atoms with Gasteiger partial charge in [-0.15, -0.1) is 5.10 Å². The molecule has 1 heterocycles. The second-order valence-electron chi connectivity index (χ2n) is 5.31. The van der Waals surface area contributed by atoms with Crippen molar-refractivity contribution >= 4 is 40.4 Å². The summed E-state index contributed by atoms with van der Waals surface area (Å²) in [5, 5.41) is 4.31. The fraction of sp³-hybridized carbons (Fsp3) is 0.0526. The number of thioether (sulfide) groups is 1. The molecule has 1 saturated heterocycles. The van der Waals surface area contributed by atoms with E-state index in [-0.39, 0.29) is 10.1 Å². The predicted octanol–water partition coefficient (Wildman–Crippen LogP) is 2.52. The lowest BCUT2D eigenvalue weighted by atomic mass is 10.2. The Morgan fingerprint density at radius 2 is 1.70 bits per heavy atom. The van der Waals surface area contributed by atoms with E-state index in [1.165, 1.54) is 12.0 Å². The number of rotatable bonds is 4. The van der Waals surface area contributed by atoms with Gasteiger partial charge in [-0.25, -0.2) is 10.2 Å². The van der Waals surface area contributed by atoms with Gasteiger partial charge in [-0.05, 0) is 36.0 Å². The highest BCUT2D eigenvalue weighted by Gasteiger charge is 2.35. The van der Waals surface area contributed by atoms with Crippen LogP contribution < -0.4 is 10.3 Å². The van der Waals surface area contributed by atoms with Crippen LogP contribution in [0.3, 0.4) is 0 Å². The molecule has 8 heteroatoms. The molecule has 0 bridgehead atoms. The molecule has 2 aromatic rings. The summed E-state index contributed by atoms with van der Waals surface area (Å²) in [6.45, 7) is 0. The number of carbonyl (C=O) groups is 3. The standard InChI is InChI=1S/C19H15N3O4S/c1-26-16(23)12-15-18(25)22(14-10-6-3-7-11-14)19(27-15)21-20-17(24)13-8-4-2-5-9-13/h2-12H,1H3,(H,20,24)/b15-12-,21-19-. The lowest BCUT2D eigenvalue weighted by Gasteiger charge is -2.15. The number of para-hydroxylation sites is 1. The average Bonchev–Trinajstić information content (AvgIpc) is 3.02. The highest BCUT2D eigenvalue weighted by Crippen LogP contribution is 2.34. The van der Waals surface area contributed by atoms with Gasteiger partial charge >= 0.3 is 5.97 Å². The maximum atomic E-state index is 12.7.